The van der Waals surface area contributed by atoms with E-state index >= 15 is 0 Å². The van der Waals surface area contributed by atoms with Crippen LogP contribution >= 0.6 is 11.8 Å². The van der Waals surface area contributed by atoms with Gasteiger partial charge in [-0.1, -0.05) is 127 Å². The van der Waals surface area contributed by atoms with E-state index in [1.165, 1.54) is 11.8 Å². The fourth-order valence-electron chi connectivity index (χ4n) is 5.37. The maximum atomic E-state index is 13.7. The summed E-state index contributed by atoms with van der Waals surface area (Å²) in [4.78, 5) is 27.7. The second-order valence-electron chi connectivity index (χ2n) is 11.2. The Morgan fingerprint density at radius 2 is 1.00 bits per heavy atom. The standard InChI is InChI=1S/C40H36O7S/c41-38(31-20-10-3-11-21-31)45-28-34-35(43-26-29-16-6-1-7-17-29)36(47-39(42)32-22-12-4-13-23-32)37(44-27-30-18-8-2-9-19-30)40(46-34)48-33-24-14-5-15-25-33/h1-25,34-37,40H,26-28H2/t34?,35-,36+,37?,40-/m1/s1. The Kier molecular flexibility index (Phi) is 11.7. The van der Waals surface area contributed by atoms with Gasteiger partial charge in [0.2, 0.25) is 0 Å². The predicted octanol–water partition coefficient (Wildman–Crippen LogP) is 7.76. The van der Waals surface area contributed by atoms with Crippen molar-refractivity contribution in [3.63, 3.8) is 0 Å². The van der Waals surface area contributed by atoms with Crippen LogP contribution in [0.3, 0.4) is 0 Å². The molecule has 1 saturated heterocycles. The van der Waals surface area contributed by atoms with Gasteiger partial charge in [-0.05, 0) is 47.5 Å². The molecule has 0 saturated carbocycles. The van der Waals surface area contributed by atoms with Crippen molar-refractivity contribution >= 4 is 23.7 Å². The lowest BCUT2D eigenvalue weighted by Crippen LogP contribution is -2.61. The topological polar surface area (TPSA) is 80.3 Å². The number of ether oxygens (including phenoxy) is 5. The number of rotatable bonds is 13. The maximum Gasteiger partial charge on any atom is 0.338 e. The highest BCUT2D eigenvalue weighted by atomic mass is 32.2. The molecule has 48 heavy (non-hydrogen) atoms. The van der Waals surface area contributed by atoms with Gasteiger partial charge in [-0.3, -0.25) is 0 Å². The molecular formula is C40H36O7S. The lowest BCUT2D eigenvalue weighted by atomic mass is 9.98. The summed E-state index contributed by atoms with van der Waals surface area (Å²) in [5, 5.41) is 0. The number of benzene rings is 5. The Labute approximate surface area is 284 Å². The van der Waals surface area contributed by atoms with E-state index in [9.17, 15) is 9.59 Å². The molecule has 1 fully saturated rings. The number of esters is 2. The SMILES string of the molecule is O=C(OCC1O[C@H](Sc2ccccc2)C(OCc2ccccc2)[C@@H](OC(=O)c2ccccc2)[C@@H]1OCc1ccccc1)c1ccccc1. The van der Waals surface area contributed by atoms with Crippen molar-refractivity contribution < 1.29 is 33.3 Å². The minimum atomic E-state index is -0.930. The van der Waals surface area contributed by atoms with Crippen molar-refractivity contribution in [2.45, 2.75) is 48.0 Å². The molecule has 0 spiro atoms. The zero-order chi connectivity index (χ0) is 33.0. The minimum Gasteiger partial charge on any atom is -0.459 e. The van der Waals surface area contributed by atoms with Gasteiger partial charge in [-0.25, -0.2) is 9.59 Å². The van der Waals surface area contributed by atoms with Gasteiger partial charge in [0.25, 0.3) is 0 Å². The molecule has 0 aliphatic carbocycles. The summed E-state index contributed by atoms with van der Waals surface area (Å²) >= 11 is 1.45. The van der Waals surface area contributed by atoms with E-state index in [4.69, 9.17) is 23.7 Å². The maximum absolute atomic E-state index is 13.7. The summed E-state index contributed by atoms with van der Waals surface area (Å²) in [6.07, 6.45) is -3.34. The fourth-order valence-corrected chi connectivity index (χ4v) is 6.52. The number of carbonyl (C=O) groups excluding carboxylic acids is 2. The van der Waals surface area contributed by atoms with Crippen molar-refractivity contribution in [1.82, 2.24) is 0 Å². The van der Waals surface area contributed by atoms with Crippen molar-refractivity contribution in [2.24, 2.45) is 0 Å². The largest absolute Gasteiger partial charge is 0.459 e. The van der Waals surface area contributed by atoms with Crippen molar-refractivity contribution in [2.75, 3.05) is 6.61 Å². The molecule has 5 atom stereocenters. The van der Waals surface area contributed by atoms with E-state index in [2.05, 4.69) is 0 Å². The summed E-state index contributed by atoms with van der Waals surface area (Å²) in [6.45, 7) is 0.322. The molecule has 5 aromatic carbocycles. The lowest BCUT2D eigenvalue weighted by molar-refractivity contribution is -0.236. The number of thioether (sulfide) groups is 1. The molecular weight excluding hydrogens is 625 g/mol. The molecule has 0 N–H and O–H groups in total. The van der Waals surface area contributed by atoms with Crippen LogP contribution in [-0.4, -0.2) is 48.4 Å². The van der Waals surface area contributed by atoms with E-state index in [1.54, 1.807) is 48.5 Å². The molecule has 0 aromatic heterocycles. The normalized spacial score (nSPS) is 20.5. The molecule has 1 heterocycles. The third-order valence-electron chi connectivity index (χ3n) is 7.80. The molecule has 5 aromatic rings. The van der Waals surface area contributed by atoms with Crippen molar-refractivity contribution in [3.05, 3.63) is 174 Å². The molecule has 0 amide bonds. The second-order valence-corrected chi connectivity index (χ2v) is 12.4. The molecule has 6 rings (SSSR count). The van der Waals surface area contributed by atoms with Crippen molar-refractivity contribution in [3.8, 4) is 0 Å². The monoisotopic (exact) mass is 660 g/mol. The van der Waals surface area contributed by atoms with E-state index in [-0.39, 0.29) is 19.8 Å². The highest BCUT2D eigenvalue weighted by Gasteiger charge is 2.50. The van der Waals surface area contributed by atoms with Crippen LogP contribution < -0.4 is 0 Å². The molecule has 1 aliphatic heterocycles. The van der Waals surface area contributed by atoms with Gasteiger partial charge in [0.1, 0.15) is 30.4 Å². The Morgan fingerprint density at radius 1 is 0.542 bits per heavy atom. The Balaban J connectivity index is 1.35. The van der Waals surface area contributed by atoms with E-state index < -0.39 is 41.8 Å². The summed E-state index contributed by atoms with van der Waals surface area (Å²) in [7, 11) is 0. The van der Waals surface area contributed by atoms with Gasteiger partial charge in [0, 0.05) is 4.90 Å². The van der Waals surface area contributed by atoms with Crippen molar-refractivity contribution in [1.29, 1.82) is 0 Å². The first-order valence-electron chi connectivity index (χ1n) is 15.8. The van der Waals surface area contributed by atoms with Gasteiger partial charge >= 0.3 is 11.9 Å². The number of hydrogen-bond donors (Lipinski definition) is 0. The highest BCUT2D eigenvalue weighted by molar-refractivity contribution is 7.99. The van der Waals surface area contributed by atoms with Crippen LogP contribution in [0.2, 0.25) is 0 Å². The summed E-state index contributed by atoms with van der Waals surface area (Å²) in [5.41, 5.74) is 2.04. The van der Waals surface area contributed by atoms with E-state index in [1.807, 2.05) is 103 Å². The van der Waals surface area contributed by atoms with Gasteiger partial charge in [0.15, 0.2) is 6.10 Å². The number of hydrogen-bond acceptors (Lipinski definition) is 8. The zero-order valence-corrected chi connectivity index (χ0v) is 27.0. The first-order chi connectivity index (χ1) is 23.6. The summed E-state index contributed by atoms with van der Waals surface area (Å²) < 4.78 is 32.1. The summed E-state index contributed by atoms with van der Waals surface area (Å²) in [6, 6.07) is 46.9. The van der Waals surface area contributed by atoms with Gasteiger partial charge < -0.3 is 23.7 Å². The molecule has 1 aliphatic rings. The fraction of sp³-hybridized carbons (Fsp3) is 0.200. The molecule has 0 bridgehead atoms. The second kappa shape index (κ2) is 16.9. The van der Waals surface area contributed by atoms with E-state index in [0.717, 1.165) is 16.0 Å². The number of carbonyl (C=O) groups is 2. The average molecular weight is 661 g/mol. The average Bonchev–Trinajstić information content (AvgIpc) is 3.15. The van der Waals surface area contributed by atoms with E-state index in [0.29, 0.717) is 11.1 Å². The Morgan fingerprint density at radius 3 is 1.54 bits per heavy atom. The smallest absolute Gasteiger partial charge is 0.338 e. The summed E-state index contributed by atoms with van der Waals surface area (Å²) in [5.74, 6) is -1.01. The molecule has 244 valence electrons. The third kappa shape index (κ3) is 8.99. The van der Waals surface area contributed by atoms with Crippen LogP contribution in [0.4, 0.5) is 0 Å². The van der Waals surface area contributed by atoms with Crippen LogP contribution in [0.25, 0.3) is 0 Å². The molecule has 7 nitrogen and oxygen atoms in total. The minimum absolute atomic E-state index is 0.135. The van der Waals surface area contributed by atoms with Gasteiger partial charge in [0.05, 0.1) is 24.3 Å². The first kappa shape index (κ1) is 33.2. The van der Waals surface area contributed by atoms with Crippen LogP contribution in [0, 0.1) is 0 Å². The Hall–Kier alpha value is -4.73. The predicted molar refractivity (Wildman–Crippen MR) is 183 cm³/mol. The van der Waals surface area contributed by atoms with Gasteiger partial charge in [-0.15, -0.1) is 0 Å². The quantitative estimate of drug-likeness (QED) is 0.119. The third-order valence-corrected chi connectivity index (χ3v) is 8.95. The first-order valence-corrected chi connectivity index (χ1v) is 16.7. The molecule has 8 heteroatoms. The zero-order valence-electron chi connectivity index (χ0n) is 26.2. The Bertz CT molecular complexity index is 1710. The molecule has 2 unspecified atom stereocenters. The van der Waals surface area contributed by atoms with Crippen LogP contribution in [0.1, 0.15) is 31.8 Å². The van der Waals surface area contributed by atoms with Crippen LogP contribution in [-0.2, 0) is 36.9 Å². The molecule has 0 radical (unpaired) electrons. The lowest BCUT2D eigenvalue weighted by Gasteiger charge is -2.45. The van der Waals surface area contributed by atoms with Gasteiger partial charge in [-0.2, -0.15) is 0 Å². The highest BCUT2D eigenvalue weighted by Crippen LogP contribution is 2.38. The van der Waals surface area contributed by atoms with Crippen LogP contribution in [0.5, 0.6) is 0 Å². The van der Waals surface area contributed by atoms with Crippen LogP contribution in [0.15, 0.2) is 157 Å².